The molecule has 0 amide bonds. The van der Waals surface area contributed by atoms with Gasteiger partial charge in [-0.2, -0.15) is 0 Å². The summed E-state index contributed by atoms with van der Waals surface area (Å²) in [5.41, 5.74) is 6.58. The molecule has 1 atom stereocenters. The Balaban J connectivity index is 0. The smallest absolute Gasteiger partial charge is 1.00 e. The van der Waals surface area contributed by atoms with Crippen LogP contribution in [0.5, 0.6) is 0 Å². The van der Waals surface area contributed by atoms with Gasteiger partial charge in [-0.05, 0) is 0 Å². The molecule has 0 bridgehead atoms. The van der Waals surface area contributed by atoms with E-state index in [0.29, 0.717) is 0 Å². The van der Waals surface area contributed by atoms with Crippen molar-refractivity contribution in [1.29, 1.82) is 0 Å². The molecular formula is C16H23Cl3PZr. The number of benzene rings is 1. The van der Waals surface area contributed by atoms with Crippen LogP contribution in [-0.2, 0) is 22.7 Å². The molecule has 0 aromatic heterocycles. The van der Waals surface area contributed by atoms with Gasteiger partial charge in [-0.1, -0.05) is 0 Å². The van der Waals surface area contributed by atoms with Crippen molar-refractivity contribution >= 4 is 11.3 Å². The van der Waals surface area contributed by atoms with Crippen LogP contribution in [0.25, 0.3) is 6.08 Å². The second-order valence-corrected chi connectivity index (χ2v) is 15.9. The molecule has 21 heavy (non-hydrogen) atoms. The van der Waals surface area contributed by atoms with Gasteiger partial charge < -0.3 is 37.2 Å². The molecule has 0 aliphatic heterocycles. The Bertz CT molecular complexity index is 453. The molecule has 0 heterocycles. The van der Waals surface area contributed by atoms with Crippen molar-refractivity contribution in [1.82, 2.24) is 0 Å². The molecule has 1 aliphatic rings. The predicted molar refractivity (Wildman–Crippen MR) is 80.0 cm³/mol. The van der Waals surface area contributed by atoms with Gasteiger partial charge in [0.2, 0.25) is 0 Å². The zero-order chi connectivity index (χ0) is 13.3. The minimum absolute atomic E-state index is 0. The van der Waals surface area contributed by atoms with Gasteiger partial charge in [-0.15, -0.1) is 0 Å². The van der Waals surface area contributed by atoms with Crippen molar-refractivity contribution in [3.63, 3.8) is 0 Å². The molecule has 117 valence electrons. The SMILES string of the molecule is CC1=Cc2ccccc2[CH]1[Zr+3][P](C(C)C)C(C)C.[Cl-].[Cl-].[Cl-]. The Morgan fingerprint density at radius 2 is 1.48 bits per heavy atom. The minimum atomic E-state index is -0.370. The number of rotatable bonds is 4. The number of hydrogen-bond donors (Lipinski definition) is 0. The molecule has 1 aromatic carbocycles. The van der Waals surface area contributed by atoms with Gasteiger partial charge in [0.15, 0.2) is 0 Å². The van der Waals surface area contributed by atoms with E-state index in [1.807, 2.05) is 0 Å². The molecule has 0 saturated heterocycles. The zero-order valence-electron chi connectivity index (χ0n) is 13.2. The third-order valence-corrected chi connectivity index (χ3v) is 19.9. The molecule has 1 unspecified atom stereocenters. The fourth-order valence-corrected chi connectivity index (χ4v) is 15.1. The van der Waals surface area contributed by atoms with Crippen molar-refractivity contribution < 1.29 is 59.9 Å². The Morgan fingerprint density at radius 3 is 2.00 bits per heavy atom. The van der Waals surface area contributed by atoms with Crippen LogP contribution in [0.4, 0.5) is 0 Å². The van der Waals surface area contributed by atoms with Gasteiger partial charge >= 0.3 is 124 Å². The van der Waals surface area contributed by atoms with Gasteiger partial charge in [0, 0.05) is 0 Å². The van der Waals surface area contributed by atoms with Gasteiger partial charge in [-0.25, -0.2) is 0 Å². The molecule has 0 radical (unpaired) electrons. The van der Waals surface area contributed by atoms with Crippen molar-refractivity contribution in [2.75, 3.05) is 0 Å². The van der Waals surface area contributed by atoms with Crippen molar-refractivity contribution in [3.8, 4) is 0 Å². The summed E-state index contributed by atoms with van der Waals surface area (Å²) in [5.74, 6) is 0. The summed E-state index contributed by atoms with van der Waals surface area (Å²) in [4.78, 5) is 0. The van der Waals surface area contributed by atoms with Crippen LogP contribution in [0.2, 0.25) is 0 Å². The standard InChI is InChI=1S/C10H9.C6H14P.3ClH.Zr/c1-8-6-9-4-2-3-5-10(9)7-8;1-5(2)7-6(3)4;;;;/h2-7H,1H3;5-6H,1-4H3;3*1H;/q;-1;;;;+4/p-3. The quantitative estimate of drug-likeness (QED) is 0.423. The number of fused-ring (bicyclic) bond motifs is 1. The Hall–Kier alpha value is 1.14. The maximum atomic E-state index is 2.44. The predicted octanol–water partition coefficient (Wildman–Crippen LogP) is -3.55. The van der Waals surface area contributed by atoms with Gasteiger partial charge in [0.25, 0.3) is 0 Å². The van der Waals surface area contributed by atoms with E-state index in [0.717, 1.165) is 14.9 Å². The molecule has 1 aliphatic carbocycles. The van der Waals surface area contributed by atoms with Crippen LogP contribution in [-0.4, -0.2) is 11.3 Å². The average molecular weight is 444 g/mol. The van der Waals surface area contributed by atoms with E-state index in [1.54, 1.807) is 11.1 Å². The monoisotopic (exact) mass is 441 g/mol. The number of halogens is 3. The van der Waals surface area contributed by atoms with Crippen LogP contribution in [0, 0.1) is 0 Å². The van der Waals surface area contributed by atoms with Crippen molar-refractivity contribution in [2.45, 2.75) is 49.6 Å². The van der Waals surface area contributed by atoms with E-state index >= 15 is 0 Å². The first-order valence-corrected chi connectivity index (χ1v) is 13.0. The number of allylic oxidation sites excluding steroid dienone is 1. The molecule has 5 heteroatoms. The zero-order valence-corrected chi connectivity index (χ0v) is 18.8. The topological polar surface area (TPSA) is 0 Å². The molecule has 0 spiro atoms. The summed E-state index contributed by atoms with van der Waals surface area (Å²) < 4.78 is 0.848. The third-order valence-electron chi connectivity index (χ3n) is 3.54. The van der Waals surface area contributed by atoms with Crippen LogP contribution < -0.4 is 37.2 Å². The van der Waals surface area contributed by atoms with E-state index in [2.05, 4.69) is 65.0 Å². The summed E-state index contributed by atoms with van der Waals surface area (Å²) in [7, 11) is 0. The Morgan fingerprint density at radius 1 is 0.952 bits per heavy atom. The van der Waals surface area contributed by atoms with Crippen LogP contribution in [0.1, 0.15) is 49.4 Å². The first-order chi connectivity index (χ1) is 8.50. The molecule has 0 fully saturated rings. The largest absolute Gasteiger partial charge is 1.00 e. The van der Waals surface area contributed by atoms with Gasteiger partial charge in [-0.3, -0.25) is 0 Å². The van der Waals surface area contributed by atoms with E-state index in [-0.39, 0.29) is 65.1 Å². The summed E-state index contributed by atoms with van der Waals surface area (Å²) >= 11 is -0.370. The molecular weight excluding hydrogens is 421 g/mol. The second-order valence-electron chi connectivity index (χ2n) is 5.67. The molecule has 0 nitrogen and oxygen atoms in total. The molecule has 0 saturated carbocycles. The molecule has 1 aromatic rings. The van der Waals surface area contributed by atoms with E-state index in [4.69, 9.17) is 0 Å². The maximum Gasteiger partial charge on any atom is -1.00 e. The van der Waals surface area contributed by atoms with Crippen LogP contribution in [0.15, 0.2) is 29.8 Å². The summed E-state index contributed by atoms with van der Waals surface area (Å²) in [5, 5.41) is 0.288. The normalized spacial score (nSPS) is 15.6. The van der Waals surface area contributed by atoms with E-state index in [1.165, 1.54) is 5.56 Å². The Kier molecular flexibility index (Phi) is 12.6. The maximum absolute atomic E-state index is 2.44. The number of hydrogen-bond acceptors (Lipinski definition) is 0. The average Bonchev–Trinajstić information content (AvgIpc) is 2.61. The third kappa shape index (κ3) is 5.93. The van der Waals surface area contributed by atoms with Gasteiger partial charge in [0.1, 0.15) is 0 Å². The fraction of sp³-hybridized carbons (Fsp3) is 0.500. The first-order valence-electron chi connectivity index (χ1n) is 6.82. The van der Waals surface area contributed by atoms with Crippen molar-refractivity contribution in [3.05, 3.63) is 41.0 Å². The van der Waals surface area contributed by atoms with Gasteiger partial charge in [0.05, 0.1) is 0 Å². The van der Waals surface area contributed by atoms with Crippen LogP contribution >= 0.6 is 5.21 Å². The van der Waals surface area contributed by atoms with E-state index < -0.39 is 0 Å². The van der Waals surface area contributed by atoms with Crippen LogP contribution in [0.3, 0.4) is 0 Å². The Labute approximate surface area is 160 Å². The summed E-state index contributed by atoms with van der Waals surface area (Å²) in [6, 6.07) is 9.03. The summed E-state index contributed by atoms with van der Waals surface area (Å²) in [6.07, 6.45) is 2.43. The van der Waals surface area contributed by atoms with E-state index in [9.17, 15) is 0 Å². The minimum Gasteiger partial charge on any atom is -1.00 e. The first kappa shape index (κ1) is 24.4. The summed E-state index contributed by atoms with van der Waals surface area (Å²) in [6.45, 7) is 12.1. The second kappa shape index (κ2) is 10.8. The molecule has 2 rings (SSSR count). The fourth-order valence-electron chi connectivity index (χ4n) is 2.69. The van der Waals surface area contributed by atoms with Crippen molar-refractivity contribution in [2.24, 2.45) is 0 Å². The molecule has 0 N–H and O–H groups in total.